The summed E-state index contributed by atoms with van der Waals surface area (Å²) in [5, 5.41) is 1.26. The van der Waals surface area contributed by atoms with Crippen LogP contribution in [0, 0.1) is 67.1 Å². The van der Waals surface area contributed by atoms with Crippen molar-refractivity contribution in [2.45, 2.75) is 51.3 Å². The Morgan fingerprint density at radius 1 is 0.935 bits per heavy atom. The average molecular weight is 492 g/mol. The molecule has 2 aliphatic carbocycles. The maximum Gasteiger partial charge on any atom is 2.00 e. The Morgan fingerprint density at radius 2 is 1.52 bits per heavy atom. The van der Waals surface area contributed by atoms with Gasteiger partial charge < -0.3 is 4.74 Å². The first kappa shape index (κ1) is 27.0. The number of ether oxygens (including phenoxy) is 1. The summed E-state index contributed by atoms with van der Waals surface area (Å²) < 4.78 is 6.11. The SMILES string of the molecule is CC(C)(C)[C@H]1COC([C]2[C](Sc3ccccc3)[CH][CH][C]2[Si](C)(C)C)=N1.[CH]1[CH][CH][CH][CH]1.[Fe+2]. The van der Waals surface area contributed by atoms with Gasteiger partial charge in [0.25, 0.3) is 0 Å². The molecule has 0 aromatic heterocycles. The number of hydrogen-bond acceptors (Lipinski definition) is 3. The Bertz CT molecular complexity index is 686. The molecular weight excluding hydrogens is 458 g/mol. The summed E-state index contributed by atoms with van der Waals surface area (Å²) in [6.07, 6.45) is 14.5. The first-order chi connectivity index (χ1) is 14.2. The van der Waals surface area contributed by atoms with Crippen molar-refractivity contribution in [3.63, 3.8) is 0 Å². The van der Waals surface area contributed by atoms with Crippen LogP contribution >= 0.6 is 11.8 Å². The summed E-state index contributed by atoms with van der Waals surface area (Å²) in [4.78, 5) is 6.23. The van der Waals surface area contributed by atoms with Crippen molar-refractivity contribution in [3.8, 4) is 0 Å². The fraction of sp³-hybridized carbons (Fsp3) is 0.346. The molecule has 1 aromatic carbocycles. The number of rotatable bonds is 4. The van der Waals surface area contributed by atoms with E-state index in [0.717, 1.165) is 5.90 Å². The number of nitrogens with zero attached hydrogens (tertiary/aromatic N) is 1. The van der Waals surface area contributed by atoms with E-state index in [4.69, 9.17) is 9.73 Å². The normalized spacial score (nSPS) is 23.0. The van der Waals surface area contributed by atoms with Gasteiger partial charge in [-0.2, -0.15) is 0 Å². The third-order valence-corrected chi connectivity index (χ3v) is 8.22. The van der Waals surface area contributed by atoms with Gasteiger partial charge in [0.05, 0.1) is 25.3 Å². The van der Waals surface area contributed by atoms with Crippen LogP contribution in [0.2, 0.25) is 19.6 Å². The van der Waals surface area contributed by atoms with Gasteiger partial charge in [-0.1, -0.05) is 58.6 Å². The predicted molar refractivity (Wildman–Crippen MR) is 132 cm³/mol. The minimum atomic E-state index is -1.48. The second-order valence-electron chi connectivity index (χ2n) is 9.74. The third-order valence-electron chi connectivity index (χ3n) is 5.12. The molecule has 1 aliphatic heterocycles. The number of aliphatic imine (C=N–C) groups is 1. The molecule has 164 valence electrons. The molecule has 0 bridgehead atoms. The summed E-state index contributed by atoms with van der Waals surface area (Å²) >= 11 is 1.81. The predicted octanol–water partition coefficient (Wildman–Crippen LogP) is 6.62. The van der Waals surface area contributed by atoms with E-state index in [9.17, 15) is 0 Å². The van der Waals surface area contributed by atoms with Crippen LogP contribution in [0.1, 0.15) is 20.8 Å². The Kier molecular flexibility index (Phi) is 10.3. The van der Waals surface area contributed by atoms with E-state index in [1.165, 1.54) is 21.6 Å². The van der Waals surface area contributed by atoms with Crippen LogP contribution in [0.5, 0.6) is 0 Å². The van der Waals surface area contributed by atoms with E-state index in [0.29, 0.717) is 6.61 Å². The first-order valence-corrected chi connectivity index (χ1v) is 14.9. The van der Waals surface area contributed by atoms with E-state index in [1.807, 2.05) is 43.9 Å². The third kappa shape index (κ3) is 7.66. The molecule has 4 rings (SSSR count). The van der Waals surface area contributed by atoms with Gasteiger partial charge in [-0.3, -0.25) is 0 Å². The van der Waals surface area contributed by atoms with Crippen molar-refractivity contribution in [1.29, 1.82) is 0 Å². The molecule has 0 spiro atoms. The van der Waals surface area contributed by atoms with Gasteiger partial charge in [0.2, 0.25) is 0 Å². The zero-order chi connectivity index (χ0) is 21.8. The van der Waals surface area contributed by atoms with Gasteiger partial charge in [-0.05, 0) is 68.0 Å². The molecule has 1 heterocycles. The van der Waals surface area contributed by atoms with Crippen LogP contribution in [-0.4, -0.2) is 26.6 Å². The van der Waals surface area contributed by atoms with E-state index >= 15 is 0 Å². The summed E-state index contributed by atoms with van der Waals surface area (Å²) in [6.45, 7) is 14.6. The van der Waals surface area contributed by atoms with Crippen molar-refractivity contribution in [1.82, 2.24) is 0 Å². The minimum Gasteiger partial charge on any atom is -0.478 e. The first-order valence-electron chi connectivity index (χ1n) is 10.6. The van der Waals surface area contributed by atoms with Gasteiger partial charge in [-0.15, -0.1) is 11.8 Å². The van der Waals surface area contributed by atoms with Gasteiger partial charge in [0, 0.05) is 4.90 Å². The molecule has 2 fully saturated rings. The second-order valence-corrected chi connectivity index (χ2v) is 15.9. The molecule has 0 unspecified atom stereocenters. The maximum absolute atomic E-state index is 6.11. The van der Waals surface area contributed by atoms with E-state index in [1.54, 1.807) is 0 Å². The minimum absolute atomic E-state index is 0. The Hall–Kier alpha value is -0.224. The van der Waals surface area contributed by atoms with E-state index < -0.39 is 8.07 Å². The number of hydrogen-bond donors (Lipinski definition) is 0. The molecule has 0 saturated heterocycles. The summed E-state index contributed by atoms with van der Waals surface area (Å²) in [7, 11) is -1.48. The fourth-order valence-corrected chi connectivity index (χ4v) is 5.93. The van der Waals surface area contributed by atoms with Gasteiger partial charge in [-0.25, -0.2) is 4.99 Å². The molecule has 3 aliphatic rings. The van der Waals surface area contributed by atoms with Crippen molar-refractivity contribution in [3.05, 3.63) is 92.0 Å². The molecule has 2 saturated carbocycles. The molecule has 31 heavy (non-hydrogen) atoms. The van der Waals surface area contributed by atoms with E-state index in [2.05, 4.69) is 83.6 Å². The summed E-state index contributed by atoms with van der Waals surface area (Å²) in [6, 6.07) is 10.8. The van der Waals surface area contributed by atoms with Gasteiger partial charge in [0.15, 0.2) is 5.90 Å². The maximum atomic E-state index is 6.11. The molecule has 10 radical (unpaired) electrons. The summed E-state index contributed by atoms with van der Waals surface area (Å²) in [5.74, 6) is 2.08. The van der Waals surface area contributed by atoms with Crippen molar-refractivity contribution < 1.29 is 21.8 Å². The summed E-state index contributed by atoms with van der Waals surface area (Å²) in [5.41, 5.74) is 1.57. The van der Waals surface area contributed by atoms with Gasteiger partial charge in [0.1, 0.15) is 6.61 Å². The number of benzene rings is 1. The van der Waals surface area contributed by atoms with Crippen molar-refractivity contribution >= 4 is 25.7 Å². The van der Waals surface area contributed by atoms with Crippen LogP contribution in [-0.2, 0) is 21.8 Å². The Morgan fingerprint density at radius 3 is 2.00 bits per heavy atom. The fourth-order valence-electron chi connectivity index (χ4n) is 3.28. The molecule has 2 nitrogen and oxygen atoms in total. The van der Waals surface area contributed by atoms with Crippen LogP contribution in [0.3, 0.4) is 0 Å². The molecule has 1 aromatic rings. The zero-order valence-corrected chi connectivity index (χ0v) is 22.3. The Labute approximate surface area is 207 Å². The van der Waals surface area contributed by atoms with Crippen LogP contribution in [0.25, 0.3) is 0 Å². The van der Waals surface area contributed by atoms with Crippen molar-refractivity contribution in [2.24, 2.45) is 10.4 Å². The molecule has 1 atom stereocenters. The number of thioether (sulfide) groups is 1. The topological polar surface area (TPSA) is 21.6 Å². The average Bonchev–Trinajstić information content (AvgIpc) is 3.43. The molecule has 5 heteroatoms. The van der Waals surface area contributed by atoms with Crippen LogP contribution in [0.4, 0.5) is 0 Å². The van der Waals surface area contributed by atoms with Crippen LogP contribution in [0.15, 0.2) is 40.2 Å². The quantitative estimate of drug-likeness (QED) is 0.442. The van der Waals surface area contributed by atoms with Crippen molar-refractivity contribution in [2.75, 3.05) is 6.61 Å². The molecule has 0 N–H and O–H groups in total. The second kappa shape index (κ2) is 11.8. The van der Waals surface area contributed by atoms with Gasteiger partial charge >= 0.3 is 17.1 Å². The zero-order valence-electron chi connectivity index (χ0n) is 19.3. The van der Waals surface area contributed by atoms with Crippen LogP contribution < -0.4 is 0 Å². The largest absolute Gasteiger partial charge is 2.00 e. The smallest absolute Gasteiger partial charge is 0.478 e. The molecular formula is C26H33FeNOSSi+2. The standard InChI is InChI=1S/C21H28NOSSi.C5H5.Fe/c1-21(2,3)18-14-23-20(22-18)19-16(12-13-17(19)25(4,5)6)24-15-10-8-7-9-11-15;1-2-4-5-3-1;/h7-13,18H,14H2,1-6H3;1-5H;/q;;+2/t18-;;/m1../s1. The molecule has 0 amide bonds. The Balaban J connectivity index is 0.000000501. The monoisotopic (exact) mass is 491 g/mol. The van der Waals surface area contributed by atoms with E-state index in [-0.39, 0.29) is 28.5 Å².